The van der Waals surface area contributed by atoms with E-state index in [9.17, 15) is 0 Å². The molecule has 0 saturated carbocycles. The zero-order valence-electron chi connectivity index (χ0n) is 14.5. The van der Waals surface area contributed by atoms with Crippen LogP contribution in [-0.2, 0) is 0 Å². The van der Waals surface area contributed by atoms with Crippen LogP contribution in [0.3, 0.4) is 0 Å². The molecule has 20 heavy (non-hydrogen) atoms. The van der Waals surface area contributed by atoms with Crippen LogP contribution in [0.4, 0.5) is 0 Å². The fourth-order valence-corrected chi connectivity index (χ4v) is 2.84. The van der Waals surface area contributed by atoms with Crippen LogP contribution in [0.2, 0.25) is 0 Å². The first-order chi connectivity index (χ1) is 9.77. The SMILES string of the molecule is CCCCCCCCCCCCCCCCC[C@@H](C)N. The minimum Gasteiger partial charge on any atom is -0.328 e. The first-order valence-corrected chi connectivity index (χ1v) is 9.53. The minimum absolute atomic E-state index is 0.400. The zero-order valence-corrected chi connectivity index (χ0v) is 14.5. The van der Waals surface area contributed by atoms with Crippen molar-refractivity contribution in [2.45, 2.75) is 123 Å². The third-order valence-corrected chi connectivity index (χ3v) is 4.26. The summed E-state index contributed by atoms with van der Waals surface area (Å²) in [6.07, 6.45) is 22.8. The van der Waals surface area contributed by atoms with Crippen molar-refractivity contribution < 1.29 is 0 Å². The Labute approximate surface area is 129 Å². The Bertz CT molecular complexity index is 165. The van der Waals surface area contributed by atoms with Gasteiger partial charge in [0.25, 0.3) is 0 Å². The maximum absolute atomic E-state index is 5.75. The van der Waals surface area contributed by atoms with Crippen LogP contribution in [0, 0.1) is 0 Å². The molecule has 1 atom stereocenters. The summed E-state index contributed by atoms with van der Waals surface area (Å²) in [4.78, 5) is 0. The summed E-state index contributed by atoms with van der Waals surface area (Å²) < 4.78 is 0. The van der Waals surface area contributed by atoms with Gasteiger partial charge in [-0.2, -0.15) is 0 Å². The first-order valence-electron chi connectivity index (χ1n) is 9.53. The maximum Gasteiger partial charge on any atom is 0.00104 e. The van der Waals surface area contributed by atoms with Gasteiger partial charge in [0.1, 0.15) is 0 Å². The Morgan fingerprint density at radius 2 is 0.850 bits per heavy atom. The van der Waals surface area contributed by atoms with Gasteiger partial charge in [-0.25, -0.2) is 0 Å². The summed E-state index contributed by atoms with van der Waals surface area (Å²) in [7, 11) is 0. The quantitative estimate of drug-likeness (QED) is 0.317. The van der Waals surface area contributed by atoms with Gasteiger partial charge in [0, 0.05) is 6.04 Å². The highest BCUT2D eigenvalue weighted by molar-refractivity contribution is 4.54. The van der Waals surface area contributed by atoms with E-state index in [-0.39, 0.29) is 0 Å². The molecule has 0 heterocycles. The highest BCUT2D eigenvalue weighted by Gasteiger charge is 1.95. The van der Waals surface area contributed by atoms with Crippen molar-refractivity contribution in [3.05, 3.63) is 0 Å². The van der Waals surface area contributed by atoms with Gasteiger partial charge in [0.2, 0.25) is 0 Å². The molecule has 0 amide bonds. The summed E-state index contributed by atoms with van der Waals surface area (Å²) in [5, 5.41) is 0. The van der Waals surface area contributed by atoms with E-state index in [1.807, 2.05) is 0 Å². The van der Waals surface area contributed by atoms with Crippen LogP contribution in [0.25, 0.3) is 0 Å². The molecule has 0 fully saturated rings. The van der Waals surface area contributed by atoms with Gasteiger partial charge >= 0.3 is 0 Å². The molecule has 0 saturated heterocycles. The standard InChI is InChI=1S/C19H41N/c1-3-4-5-6-7-8-9-10-11-12-13-14-15-16-17-18-19(2)20/h19H,3-18,20H2,1-2H3/t19-/m1/s1. The summed E-state index contributed by atoms with van der Waals surface area (Å²) in [5.74, 6) is 0. The highest BCUT2D eigenvalue weighted by atomic mass is 14.6. The number of hydrogen-bond donors (Lipinski definition) is 1. The lowest BCUT2D eigenvalue weighted by molar-refractivity contribution is 0.522. The lowest BCUT2D eigenvalue weighted by atomic mass is 10.0. The molecule has 0 aliphatic carbocycles. The van der Waals surface area contributed by atoms with Crippen LogP contribution >= 0.6 is 0 Å². The average molecular weight is 284 g/mol. The van der Waals surface area contributed by atoms with Crippen LogP contribution in [0.5, 0.6) is 0 Å². The van der Waals surface area contributed by atoms with E-state index >= 15 is 0 Å². The summed E-state index contributed by atoms with van der Waals surface area (Å²) >= 11 is 0. The van der Waals surface area contributed by atoms with Crippen LogP contribution in [0.15, 0.2) is 0 Å². The molecule has 0 aliphatic heterocycles. The fourth-order valence-electron chi connectivity index (χ4n) is 2.84. The summed E-state index contributed by atoms with van der Waals surface area (Å²) in [5.41, 5.74) is 5.75. The van der Waals surface area contributed by atoms with Crippen molar-refractivity contribution in [1.82, 2.24) is 0 Å². The van der Waals surface area contributed by atoms with E-state index in [1.54, 1.807) is 0 Å². The van der Waals surface area contributed by atoms with Crippen molar-refractivity contribution in [2.24, 2.45) is 5.73 Å². The number of unbranched alkanes of at least 4 members (excludes halogenated alkanes) is 14. The van der Waals surface area contributed by atoms with Crippen LogP contribution < -0.4 is 5.73 Å². The largest absolute Gasteiger partial charge is 0.328 e. The van der Waals surface area contributed by atoms with Gasteiger partial charge in [0.15, 0.2) is 0 Å². The molecular formula is C19H41N. The van der Waals surface area contributed by atoms with Crippen molar-refractivity contribution in [1.29, 1.82) is 0 Å². The summed E-state index contributed by atoms with van der Waals surface area (Å²) in [6.45, 7) is 4.41. The fraction of sp³-hybridized carbons (Fsp3) is 1.00. The Morgan fingerprint density at radius 3 is 1.15 bits per heavy atom. The van der Waals surface area contributed by atoms with Crippen molar-refractivity contribution in [3.8, 4) is 0 Å². The average Bonchev–Trinajstić information content (AvgIpc) is 2.43. The molecular weight excluding hydrogens is 242 g/mol. The molecule has 0 radical (unpaired) electrons. The minimum atomic E-state index is 0.400. The molecule has 0 aromatic heterocycles. The zero-order chi connectivity index (χ0) is 14.9. The van der Waals surface area contributed by atoms with Crippen LogP contribution in [-0.4, -0.2) is 6.04 Å². The van der Waals surface area contributed by atoms with E-state index in [4.69, 9.17) is 5.73 Å². The number of hydrogen-bond acceptors (Lipinski definition) is 1. The Hall–Kier alpha value is -0.0400. The van der Waals surface area contributed by atoms with Crippen molar-refractivity contribution >= 4 is 0 Å². The smallest absolute Gasteiger partial charge is 0.00104 e. The highest BCUT2D eigenvalue weighted by Crippen LogP contribution is 2.13. The summed E-state index contributed by atoms with van der Waals surface area (Å²) in [6, 6.07) is 0.400. The van der Waals surface area contributed by atoms with Crippen molar-refractivity contribution in [3.63, 3.8) is 0 Å². The Kier molecular flexibility index (Phi) is 17.0. The molecule has 0 aliphatic rings. The molecule has 0 aromatic rings. The van der Waals surface area contributed by atoms with E-state index in [0.29, 0.717) is 6.04 Å². The number of rotatable bonds is 16. The second-order valence-corrected chi connectivity index (χ2v) is 6.72. The molecule has 1 nitrogen and oxygen atoms in total. The van der Waals surface area contributed by atoms with Gasteiger partial charge in [-0.15, -0.1) is 0 Å². The third-order valence-electron chi connectivity index (χ3n) is 4.26. The molecule has 122 valence electrons. The topological polar surface area (TPSA) is 26.0 Å². The van der Waals surface area contributed by atoms with Gasteiger partial charge < -0.3 is 5.73 Å². The molecule has 0 rings (SSSR count). The van der Waals surface area contributed by atoms with Gasteiger partial charge in [-0.05, 0) is 13.3 Å². The Balaban J connectivity index is 2.92. The first kappa shape index (κ1) is 20.0. The van der Waals surface area contributed by atoms with Crippen molar-refractivity contribution in [2.75, 3.05) is 0 Å². The molecule has 1 heteroatoms. The van der Waals surface area contributed by atoms with Gasteiger partial charge in [-0.3, -0.25) is 0 Å². The molecule has 0 aromatic carbocycles. The van der Waals surface area contributed by atoms with Gasteiger partial charge in [-0.1, -0.05) is 103 Å². The predicted octanol–water partition coefficient (Wildman–Crippen LogP) is 6.60. The number of nitrogens with two attached hydrogens (primary N) is 1. The molecule has 0 bridgehead atoms. The molecule has 0 unspecified atom stereocenters. The second kappa shape index (κ2) is 17.0. The lowest BCUT2D eigenvalue weighted by Gasteiger charge is -2.05. The van der Waals surface area contributed by atoms with Crippen LogP contribution in [0.1, 0.15) is 117 Å². The monoisotopic (exact) mass is 283 g/mol. The molecule has 0 spiro atoms. The van der Waals surface area contributed by atoms with E-state index in [1.165, 1.54) is 103 Å². The van der Waals surface area contributed by atoms with Gasteiger partial charge in [0.05, 0.1) is 0 Å². The van der Waals surface area contributed by atoms with E-state index in [2.05, 4.69) is 13.8 Å². The molecule has 2 N–H and O–H groups in total. The van der Waals surface area contributed by atoms with E-state index in [0.717, 1.165) is 0 Å². The van der Waals surface area contributed by atoms with E-state index < -0.39 is 0 Å². The normalized spacial score (nSPS) is 12.8. The Morgan fingerprint density at radius 1 is 0.550 bits per heavy atom. The predicted molar refractivity (Wildman–Crippen MR) is 93.2 cm³/mol. The lowest BCUT2D eigenvalue weighted by Crippen LogP contribution is -2.13. The maximum atomic E-state index is 5.75. The third kappa shape index (κ3) is 18.0. The second-order valence-electron chi connectivity index (χ2n) is 6.72.